The molecule has 0 radical (unpaired) electrons. The van der Waals surface area contributed by atoms with E-state index in [1.807, 2.05) is 30.3 Å². The summed E-state index contributed by atoms with van der Waals surface area (Å²) in [6.45, 7) is 1.76. The third-order valence-electron chi connectivity index (χ3n) is 4.00. The second-order valence-electron chi connectivity index (χ2n) is 5.77. The topological polar surface area (TPSA) is 93.9 Å². The predicted molar refractivity (Wildman–Crippen MR) is 96.1 cm³/mol. The number of fused-ring (bicyclic) bond motifs is 1. The van der Waals surface area contributed by atoms with Crippen LogP contribution in [0.5, 0.6) is 0 Å². The van der Waals surface area contributed by atoms with Gasteiger partial charge in [0.2, 0.25) is 5.95 Å². The molecule has 25 heavy (non-hydrogen) atoms. The van der Waals surface area contributed by atoms with Crippen LogP contribution < -0.4 is 16.6 Å². The Morgan fingerprint density at radius 2 is 2.00 bits per heavy atom. The van der Waals surface area contributed by atoms with E-state index in [1.165, 1.54) is 4.57 Å². The Labute approximate surface area is 144 Å². The smallest absolute Gasteiger partial charge is 0.329 e. The van der Waals surface area contributed by atoms with Gasteiger partial charge in [-0.2, -0.15) is 4.98 Å². The highest BCUT2D eigenvalue weighted by molar-refractivity contribution is 5.74. The van der Waals surface area contributed by atoms with Crippen LogP contribution in [0.25, 0.3) is 11.2 Å². The quantitative estimate of drug-likeness (QED) is 0.622. The monoisotopic (exact) mass is 343 g/mol. The lowest BCUT2D eigenvalue weighted by molar-refractivity contribution is 0.197. The van der Waals surface area contributed by atoms with Gasteiger partial charge in [0.15, 0.2) is 11.2 Å². The van der Waals surface area contributed by atoms with Crippen LogP contribution in [0.1, 0.15) is 12.0 Å². The normalized spacial score (nSPS) is 11.1. The zero-order chi connectivity index (χ0) is 17.8. The van der Waals surface area contributed by atoms with Crippen molar-refractivity contribution in [3.63, 3.8) is 0 Å². The number of methoxy groups -OCH3 is 1. The van der Waals surface area contributed by atoms with Crippen molar-refractivity contribution >= 4 is 17.1 Å². The molecule has 0 aliphatic heterocycles. The standard InChI is InChI=1S/C17H21N5O3/c1-21-14-13(15(23)20-17(21)24)22(11-12-7-4-3-5-8-12)16(19-14)18-9-6-10-25-2/h3-5,7-8H,6,9-11H2,1-2H3,(H,18,19)(H,20,23,24). The SMILES string of the molecule is COCCCNc1nc2c(c(=O)[nH]c(=O)n2C)n1Cc1ccccc1. The van der Waals surface area contributed by atoms with E-state index in [-0.39, 0.29) is 0 Å². The molecule has 2 heterocycles. The number of aryl methyl sites for hydroxylation is 1. The van der Waals surface area contributed by atoms with Gasteiger partial charge in [0.25, 0.3) is 5.56 Å². The number of ether oxygens (including phenoxy) is 1. The third kappa shape index (κ3) is 3.48. The fourth-order valence-corrected chi connectivity index (χ4v) is 2.71. The van der Waals surface area contributed by atoms with E-state index in [9.17, 15) is 9.59 Å². The number of anilines is 1. The molecule has 0 aliphatic rings. The maximum atomic E-state index is 12.4. The van der Waals surface area contributed by atoms with E-state index in [2.05, 4.69) is 15.3 Å². The van der Waals surface area contributed by atoms with E-state index in [0.29, 0.717) is 36.8 Å². The first kappa shape index (κ1) is 17.0. The van der Waals surface area contributed by atoms with E-state index in [0.717, 1.165) is 12.0 Å². The highest BCUT2D eigenvalue weighted by atomic mass is 16.5. The average molecular weight is 343 g/mol. The molecule has 8 heteroatoms. The largest absolute Gasteiger partial charge is 0.385 e. The summed E-state index contributed by atoms with van der Waals surface area (Å²) >= 11 is 0. The van der Waals surface area contributed by atoms with Crippen molar-refractivity contribution in [2.75, 3.05) is 25.6 Å². The van der Waals surface area contributed by atoms with Crippen molar-refractivity contribution in [2.45, 2.75) is 13.0 Å². The minimum Gasteiger partial charge on any atom is -0.385 e. The van der Waals surface area contributed by atoms with Gasteiger partial charge < -0.3 is 10.1 Å². The molecule has 1 aromatic carbocycles. The predicted octanol–water partition coefficient (Wildman–Crippen LogP) is 0.920. The minimum atomic E-state index is -0.479. The Hall–Kier alpha value is -2.87. The molecule has 2 N–H and O–H groups in total. The molecule has 2 aromatic heterocycles. The maximum absolute atomic E-state index is 12.4. The summed E-state index contributed by atoms with van der Waals surface area (Å²) in [5.74, 6) is 0.557. The van der Waals surface area contributed by atoms with Gasteiger partial charge in [0.1, 0.15) is 0 Å². The molecule has 0 spiro atoms. The first-order valence-corrected chi connectivity index (χ1v) is 8.08. The Balaban J connectivity index is 2.07. The second-order valence-corrected chi connectivity index (χ2v) is 5.77. The lowest BCUT2D eigenvalue weighted by Crippen LogP contribution is -2.29. The molecule has 132 valence electrons. The van der Waals surface area contributed by atoms with E-state index < -0.39 is 11.2 Å². The molecule has 8 nitrogen and oxygen atoms in total. The molecular formula is C17H21N5O3. The lowest BCUT2D eigenvalue weighted by Gasteiger charge is -2.10. The van der Waals surface area contributed by atoms with Gasteiger partial charge in [0.05, 0.1) is 6.54 Å². The number of hydrogen-bond donors (Lipinski definition) is 2. The summed E-state index contributed by atoms with van der Waals surface area (Å²) in [4.78, 5) is 31.1. The molecule has 0 saturated heterocycles. The van der Waals surface area contributed by atoms with Gasteiger partial charge in [0, 0.05) is 27.3 Å². The van der Waals surface area contributed by atoms with Crippen LogP contribution in [-0.4, -0.2) is 39.4 Å². The average Bonchev–Trinajstić information content (AvgIpc) is 2.97. The van der Waals surface area contributed by atoms with Gasteiger partial charge >= 0.3 is 5.69 Å². The van der Waals surface area contributed by atoms with Crippen molar-refractivity contribution in [2.24, 2.45) is 7.05 Å². The second kappa shape index (κ2) is 7.35. The van der Waals surface area contributed by atoms with Gasteiger partial charge in [-0.1, -0.05) is 30.3 Å². The van der Waals surface area contributed by atoms with Crippen molar-refractivity contribution < 1.29 is 4.74 Å². The summed E-state index contributed by atoms with van der Waals surface area (Å²) < 4.78 is 8.20. The van der Waals surface area contributed by atoms with Crippen LogP contribution in [0, 0.1) is 0 Å². The van der Waals surface area contributed by atoms with Crippen LogP contribution in [0.3, 0.4) is 0 Å². The molecule has 0 fully saturated rings. The Morgan fingerprint density at radius 1 is 1.24 bits per heavy atom. The first-order chi connectivity index (χ1) is 12.1. The zero-order valence-electron chi connectivity index (χ0n) is 14.3. The number of H-pyrrole nitrogens is 1. The van der Waals surface area contributed by atoms with Crippen molar-refractivity contribution in [3.05, 3.63) is 56.7 Å². The number of nitrogens with zero attached hydrogens (tertiary/aromatic N) is 3. The molecular weight excluding hydrogens is 322 g/mol. The summed E-state index contributed by atoms with van der Waals surface area (Å²) in [7, 11) is 3.25. The highest BCUT2D eigenvalue weighted by Crippen LogP contribution is 2.17. The van der Waals surface area contributed by atoms with Crippen LogP contribution in [-0.2, 0) is 18.3 Å². The van der Waals surface area contributed by atoms with Crippen molar-refractivity contribution in [3.8, 4) is 0 Å². The van der Waals surface area contributed by atoms with Crippen molar-refractivity contribution in [1.82, 2.24) is 19.1 Å². The van der Waals surface area contributed by atoms with Crippen molar-refractivity contribution in [1.29, 1.82) is 0 Å². The number of rotatable bonds is 7. The highest BCUT2D eigenvalue weighted by Gasteiger charge is 2.17. The summed E-state index contributed by atoms with van der Waals surface area (Å²) in [5.41, 5.74) is 0.855. The van der Waals surface area contributed by atoms with Crippen LogP contribution >= 0.6 is 0 Å². The van der Waals surface area contributed by atoms with Crippen LogP contribution in [0.15, 0.2) is 39.9 Å². The Morgan fingerprint density at radius 3 is 2.72 bits per heavy atom. The molecule has 0 saturated carbocycles. The van der Waals surface area contributed by atoms with Gasteiger partial charge in [-0.3, -0.25) is 18.9 Å². The molecule has 0 amide bonds. The van der Waals surface area contributed by atoms with Gasteiger partial charge in [-0.25, -0.2) is 4.79 Å². The molecule has 0 unspecified atom stereocenters. The molecule has 0 bridgehead atoms. The number of imidazole rings is 1. The van der Waals surface area contributed by atoms with Gasteiger partial charge in [-0.15, -0.1) is 0 Å². The third-order valence-corrected chi connectivity index (χ3v) is 4.00. The van der Waals surface area contributed by atoms with Crippen LogP contribution in [0.2, 0.25) is 0 Å². The first-order valence-electron chi connectivity index (χ1n) is 8.08. The summed E-state index contributed by atoms with van der Waals surface area (Å²) in [6, 6.07) is 9.80. The van der Waals surface area contributed by atoms with Crippen LogP contribution in [0.4, 0.5) is 5.95 Å². The fourth-order valence-electron chi connectivity index (χ4n) is 2.71. The summed E-state index contributed by atoms with van der Waals surface area (Å²) in [6.07, 6.45) is 0.806. The lowest BCUT2D eigenvalue weighted by atomic mass is 10.2. The Bertz CT molecular complexity index is 972. The number of hydrogen-bond acceptors (Lipinski definition) is 5. The van der Waals surface area contributed by atoms with E-state index in [1.54, 1.807) is 18.7 Å². The minimum absolute atomic E-state index is 0.360. The fraction of sp³-hybridized carbons (Fsp3) is 0.353. The Kier molecular flexibility index (Phi) is 4.99. The number of aromatic nitrogens is 4. The molecule has 3 aromatic rings. The molecule has 0 aliphatic carbocycles. The number of nitrogens with one attached hydrogen (secondary N) is 2. The van der Waals surface area contributed by atoms with E-state index >= 15 is 0 Å². The zero-order valence-corrected chi connectivity index (χ0v) is 14.3. The molecule has 3 rings (SSSR count). The van der Waals surface area contributed by atoms with E-state index in [4.69, 9.17) is 4.74 Å². The molecule has 0 atom stereocenters. The maximum Gasteiger partial charge on any atom is 0.329 e. The summed E-state index contributed by atoms with van der Waals surface area (Å²) in [5, 5.41) is 3.24. The number of aromatic amines is 1. The number of benzene rings is 1. The van der Waals surface area contributed by atoms with Gasteiger partial charge in [-0.05, 0) is 12.0 Å².